The van der Waals surface area contributed by atoms with Gasteiger partial charge in [0.15, 0.2) is 5.96 Å². The number of para-hydroxylation sites is 1. The maximum Gasteiger partial charge on any atom is 0.191 e. The quantitative estimate of drug-likeness (QED) is 0.365. The van der Waals surface area contributed by atoms with Crippen LogP contribution in [0.4, 0.5) is 10.1 Å². The number of nitrogens with zero attached hydrogens (tertiary/aromatic N) is 3. The molecule has 2 aromatic rings. The van der Waals surface area contributed by atoms with Gasteiger partial charge in [-0.05, 0) is 50.1 Å². The van der Waals surface area contributed by atoms with E-state index in [0.29, 0.717) is 17.1 Å². The fraction of sp³-hybridized carbons (Fsp3) is 0.364. The smallest absolute Gasteiger partial charge is 0.191 e. The van der Waals surface area contributed by atoms with Gasteiger partial charge in [0.05, 0.1) is 18.2 Å². The molecule has 7 heteroatoms. The molecule has 0 aliphatic carbocycles. The molecule has 1 atom stereocenters. The van der Waals surface area contributed by atoms with E-state index in [0.717, 1.165) is 32.5 Å². The molecule has 1 aliphatic rings. The van der Waals surface area contributed by atoms with Gasteiger partial charge in [-0.25, -0.2) is 9.38 Å². The predicted molar refractivity (Wildman–Crippen MR) is 126 cm³/mol. The second-order valence-corrected chi connectivity index (χ2v) is 6.88. The predicted octanol–water partition coefficient (Wildman–Crippen LogP) is 4.04. The van der Waals surface area contributed by atoms with Gasteiger partial charge in [0.2, 0.25) is 0 Å². The zero-order valence-corrected chi connectivity index (χ0v) is 18.9. The third-order valence-electron chi connectivity index (χ3n) is 4.81. The van der Waals surface area contributed by atoms with Crippen LogP contribution in [0.3, 0.4) is 0 Å². The minimum Gasteiger partial charge on any atom is -0.369 e. The first kappa shape index (κ1) is 22.9. The highest BCUT2D eigenvalue weighted by atomic mass is 127. The van der Waals surface area contributed by atoms with E-state index in [4.69, 9.17) is 5.26 Å². The first-order chi connectivity index (χ1) is 13.7. The fourth-order valence-electron chi connectivity index (χ4n) is 3.41. The summed E-state index contributed by atoms with van der Waals surface area (Å²) in [4.78, 5) is 6.91. The maximum atomic E-state index is 14.0. The lowest BCUT2D eigenvalue weighted by Crippen LogP contribution is -2.51. The molecule has 1 unspecified atom stereocenters. The van der Waals surface area contributed by atoms with Gasteiger partial charge in [0.25, 0.3) is 0 Å². The molecular formula is C22H27FIN5. The van der Waals surface area contributed by atoms with Crippen LogP contribution >= 0.6 is 24.0 Å². The maximum absolute atomic E-state index is 14.0. The lowest BCUT2D eigenvalue weighted by atomic mass is 10.0. The Labute approximate surface area is 189 Å². The number of hydrogen-bond acceptors (Lipinski definition) is 3. The standard InChI is InChI=1S/C22H26FN5.HI/c1-2-25-22(26-15-18-13-17(14-24)10-11-21(18)23)27-19-7-6-12-28(16-19)20-8-4-3-5-9-20;/h3-5,8-11,13,19H,2,6-7,12,15-16H2,1H3,(H2,25,26,27);1H. The molecule has 2 N–H and O–H groups in total. The number of guanidine groups is 1. The first-order valence-electron chi connectivity index (χ1n) is 9.73. The highest BCUT2D eigenvalue weighted by molar-refractivity contribution is 14.0. The molecule has 1 saturated heterocycles. The third-order valence-corrected chi connectivity index (χ3v) is 4.81. The van der Waals surface area contributed by atoms with Crippen LogP contribution in [0.5, 0.6) is 0 Å². The summed E-state index contributed by atoms with van der Waals surface area (Å²) in [5.41, 5.74) is 2.09. The molecule has 0 spiro atoms. The minimum atomic E-state index is -0.341. The molecule has 2 aromatic carbocycles. The molecule has 0 amide bonds. The number of anilines is 1. The van der Waals surface area contributed by atoms with Crippen molar-refractivity contribution in [2.24, 2.45) is 4.99 Å². The molecule has 154 valence electrons. The summed E-state index contributed by atoms with van der Waals surface area (Å²) in [7, 11) is 0. The molecule has 0 radical (unpaired) electrons. The molecule has 29 heavy (non-hydrogen) atoms. The summed E-state index contributed by atoms with van der Waals surface area (Å²) < 4.78 is 14.0. The van der Waals surface area contributed by atoms with Crippen molar-refractivity contribution in [3.05, 3.63) is 65.5 Å². The molecular weight excluding hydrogens is 480 g/mol. The number of hydrogen-bond donors (Lipinski definition) is 2. The number of piperidine rings is 1. The number of rotatable bonds is 5. The summed E-state index contributed by atoms with van der Waals surface area (Å²) in [6.45, 7) is 4.85. The molecule has 3 rings (SSSR count). The van der Waals surface area contributed by atoms with Crippen LogP contribution in [-0.4, -0.2) is 31.6 Å². The summed E-state index contributed by atoms with van der Waals surface area (Å²) in [5, 5.41) is 15.7. The molecule has 0 aromatic heterocycles. The van der Waals surface area contributed by atoms with E-state index in [1.165, 1.54) is 17.8 Å². The van der Waals surface area contributed by atoms with Crippen molar-refractivity contribution in [1.82, 2.24) is 10.6 Å². The Morgan fingerprint density at radius 1 is 1.28 bits per heavy atom. The second kappa shape index (κ2) is 11.6. The number of nitriles is 1. The average Bonchev–Trinajstić information content (AvgIpc) is 2.74. The SMILES string of the molecule is CCNC(=NCc1cc(C#N)ccc1F)NC1CCCN(c2ccccc2)C1.I. The van der Waals surface area contributed by atoms with Gasteiger partial charge in [0.1, 0.15) is 5.82 Å². The zero-order valence-electron chi connectivity index (χ0n) is 16.6. The lowest BCUT2D eigenvalue weighted by Gasteiger charge is -2.35. The van der Waals surface area contributed by atoms with Crippen LogP contribution < -0.4 is 15.5 Å². The Balaban J connectivity index is 0.00000300. The van der Waals surface area contributed by atoms with Gasteiger partial charge in [-0.15, -0.1) is 24.0 Å². The van der Waals surface area contributed by atoms with Gasteiger partial charge < -0.3 is 15.5 Å². The van der Waals surface area contributed by atoms with E-state index in [1.54, 1.807) is 6.07 Å². The topological polar surface area (TPSA) is 63.5 Å². The van der Waals surface area contributed by atoms with Crippen molar-refractivity contribution < 1.29 is 4.39 Å². The normalized spacial score (nSPS) is 16.5. The zero-order chi connectivity index (χ0) is 19.8. The van der Waals surface area contributed by atoms with Crippen LogP contribution in [-0.2, 0) is 6.54 Å². The van der Waals surface area contributed by atoms with Gasteiger partial charge >= 0.3 is 0 Å². The van der Waals surface area contributed by atoms with E-state index >= 15 is 0 Å². The van der Waals surface area contributed by atoms with E-state index in [1.807, 2.05) is 19.1 Å². The summed E-state index contributed by atoms with van der Waals surface area (Å²) in [6.07, 6.45) is 2.16. The Kier molecular flexibility index (Phi) is 9.19. The Morgan fingerprint density at radius 2 is 2.07 bits per heavy atom. The molecule has 1 fully saturated rings. The van der Waals surface area contributed by atoms with Crippen LogP contribution in [0.25, 0.3) is 0 Å². The molecule has 0 saturated carbocycles. The monoisotopic (exact) mass is 507 g/mol. The molecule has 0 bridgehead atoms. The number of nitrogens with one attached hydrogen (secondary N) is 2. The molecule has 1 heterocycles. The van der Waals surface area contributed by atoms with Gasteiger partial charge in [-0.2, -0.15) is 5.26 Å². The molecule has 5 nitrogen and oxygen atoms in total. The summed E-state index contributed by atoms with van der Waals surface area (Å²) in [6, 6.07) is 17.1. The summed E-state index contributed by atoms with van der Waals surface area (Å²) in [5.74, 6) is 0.329. The van der Waals surface area contributed by atoms with E-state index < -0.39 is 0 Å². The van der Waals surface area contributed by atoms with Crippen molar-refractivity contribution in [3.63, 3.8) is 0 Å². The lowest BCUT2D eigenvalue weighted by molar-refractivity contribution is 0.468. The third kappa shape index (κ3) is 6.60. The van der Waals surface area contributed by atoms with E-state index in [-0.39, 0.29) is 42.4 Å². The van der Waals surface area contributed by atoms with Crippen LogP contribution in [0, 0.1) is 17.1 Å². The highest BCUT2D eigenvalue weighted by Gasteiger charge is 2.21. The highest BCUT2D eigenvalue weighted by Crippen LogP contribution is 2.19. The van der Waals surface area contributed by atoms with Crippen LogP contribution in [0.2, 0.25) is 0 Å². The Bertz CT molecular complexity index is 850. The Morgan fingerprint density at radius 3 is 2.79 bits per heavy atom. The molecule has 1 aliphatic heterocycles. The fourth-order valence-corrected chi connectivity index (χ4v) is 3.41. The van der Waals surface area contributed by atoms with Crippen molar-refractivity contribution in [2.75, 3.05) is 24.5 Å². The van der Waals surface area contributed by atoms with Gasteiger partial charge in [0, 0.05) is 36.9 Å². The van der Waals surface area contributed by atoms with Crippen LogP contribution in [0.1, 0.15) is 30.9 Å². The second-order valence-electron chi connectivity index (χ2n) is 6.88. The van der Waals surface area contributed by atoms with Gasteiger partial charge in [-0.3, -0.25) is 0 Å². The Hall–Kier alpha value is -2.34. The van der Waals surface area contributed by atoms with E-state index in [9.17, 15) is 4.39 Å². The average molecular weight is 507 g/mol. The number of aliphatic imine (C=N–C) groups is 1. The van der Waals surface area contributed by atoms with Crippen molar-refractivity contribution in [3.8, 4) is 6.07 Å². The first-order valence-corrected chi connectivity index (χ1v) is 9.73. The van der Waals surface area contributed by atoms with Crippen LogP contribution in [0.15, 0.2) is 53.5 Å². The summed E-state index contributed by atoms with van der Waals surface area (Å²) >= 11 is 0. The number of halogens is 2. The van der Waals surface area contributed by atoms with Crippen molar-refractivity contribution in [1.29, 1.82) is 5.26 Å². The van der Waals surface area contributed by atoms with Gasteiger partial charge in [-0.1, -0.05) is 18.2 Å². The minimum absolute atomic E-state index is 0. The number of benzene rings is 2. The van der Waals surface area contributed by atoms with Crippen molar-refractivity contribution >= 4 is 35.6 Å². The van der Waals surface area contributed by atoms with E-state index in [2.05, 4.69) is 44.8 Å². The largest absolute Gasteiger partial charge is 0.369 e. The van der Waals surface area contributed by atoms with Crippen molar-refractivity contribution in [2.45, 2.75) is 32.4 Å².